The zero-order valence-corrected chi connectivity index (χ0v) is 11.8. The first-order valence-electron chi connectivity index (χ1n) is 6.21. The van der Waals surface area contributed by atoms with Gasteiger partial charge < -0.3 is 9.31 Å². The lowest BCUT2D eigenvalue weighted by atomic mass is 9.75. The Morgan fingerprint density at radius 1 is 1.00 bits per heavy atom. The van der Waals surface area contributed by atoms with Crippen molar-refractivity contribution in [3.8, 4) is 12.1 Å². The molecule has 0 unspecified atom stereocenters. The maximum Gasteiger partial charge on any atom is 0.496 e. The molecule has 1 heterocycles. The van der Waals surface area contributed by atoms with Gasteiger partial charge in [-0.15, -0.1) is 0 Å². The highest BCUT2D eigenvalue weighted by Gasteiger charge is 2.52. The van der Waals surface area contributed by atoms with Gasteiger partial charge in [-0.25, -0.2) is 4.39 Å². The van der Waals surface area contributed by atoms with Gasteiger partial charge in [0, 0.05) is 5.46 Å². The van der Waals surface area contributed by atoms with E-state index in [-0.39, 0.29) is 11.1 Å². The van der Waals surface area contributed by atoms with Crippen LogP contribution in [0.3, 0.4) is 0 Å². The Balaban J connectivity index is 2.49. The molecule has 1 aliphatic rings. The zero-order chi connectivity index (χ0) is 15.1. The van der Waals surface area contributed by atoms with Gasteiger partial charge in [0.2, 0.25) is 0 Å². The molecule has 1 saturated heterocycles. The van der Waals surface area contributed by atoms with Crippen molar-refractivity contribution in [3.05, 3.63) is 29.1 Å². The lowest BCUT2D eigenvalue weighted by Gasteiger charge is -2.32. The second-order valence-corrected chi connectivity index (χ2v) is 5.73. The van der Waals surface area contributed by atoms with Crippen molar-refractivity contribution >= 4 is 12.6 Å². The minimum atomic E-state index is -0.822. The lowest BCUT2D eigenvalue weighted by Crippen LogP contribution is -2.41. The molecule has 0 aliphatic carbocycles. The first-order chi connectivity index (χ1) is 9.21. The zero-order valence-electron chi connectivity index (χ0n) is 11.8. The molecule has 0 radical (unpaired) electrons. The molecule has 0 atom stereocenters. The summed E-state index contributed by atoms with van der Waals surface area (Å²) in [5.74, 6) is -0.684. The molecule has 1 aromatic rings. The minimum Gasteiger partial charge on any atom is -0.399 e. The van der Waals surface area contributed by atoms with Crippen LogP contribution in [0.25, 0.3) is 0 Å². The summed E-state index contributed by atoms with van der Waals surface area (Å²) >= 11 is 0. The van der Waals surface area contributed by atoms with Crippen LogP contribution >= 0.6 is 0 Å². The van der Waals surface area contributed by atoms with Crippen LogP contribution in [0.1, 0.15) is 38.8 Å². The monoisotopic (exact) mass is 272 g/mol. The van der Waals surface area contributed by atoms with Gasteiger partial charge in [0.25, 0.3) is 0 Å². The summed E-state index contributed by atoms with van der Waals surface area (Å²) in [4.78, 5) is 0. The first-order valence-corrected chi connectivity index (χ1v) is 6.21. The highest BCUT2D eigenvalue weighted by Crippen LogP contribution is 2.36. The van der Waals surface area contributed by atoms with Crippen molar-refractivity contribution in [1.29, 1.82) is 10.5 Å². The Hall–Kier alpha value is -1.89. The van der Waals surface area contributed by atoms with E-state index in [1.807, 2.05) is 33.8 Å². The van der Waals surface area contributed by atoms with E-state index in [4.69, 9.17) is 19.8 Å². The van der Waals surface area contributed by atoms with E-state index in [0.717, 1.165) is 6.07 Å². The van der Waals surface area contributed by atoms with E-state index in [1.165, 1.54) is 6.07 Å². The molecule has 0 spiro atoms. The van der Waals surface area contributed by atoms with Crippen LogP contribution in [-0.4, -0.2) is 18.3 Å². The molecule has 102 valence electrons. The first kappa shape index (κ1) is 14.5. The molecule has 0 saturated carbocycles. The second-order valence-electron chi connectivity index (χ2n) is 5.73. The van der Waals surface area contributed by atoms with Crippen LogP contribution in [0.15, 0.2) is 12.1 Å². The lowest BCUT2D eigenvalue weighted by molar-refractivity contribution is 0.00578. The van der Waals surface area contributed by atoms with Gasteiger partial charge >= 0.3 is 7.12 Å². The van der Waals surface area contributed by atoms with Crippen LogP contribution < -0.4 is 5.46 Å². The summed E-state index contributed by atoms with van der Waals surface area (Å²) in [5.41, 5.74) is -0.824. The average Bonchev–Trinajstić information content (AvgIpc) is 2.58. The van der Waals surface area contributed by atoms with Crippen molar-refractivity contribution < 1.29 is 13.7 Å². The SMILES string of the molecule is CC1(C)OB(c2cc(F)c(C#N)cc2C#N)OC1(C)C. The van der Waals surface area contributed by atoms with Crippen molar-refractivity contribution in [3.63, 3.8) is 0 Å². The number of hydrogen-bond acceptors (Lipinski definition) is 4. The topological polar surface area (TPSA) is 66.0 Å². The third kappa shape index (κ3) is 2.18. The number of benzene rings is 1. The van der Waals surface area contributed by atoms with Crippen LogP contribution in [0.4, 0.5) is 4.39 Å². The van der Waals surface area contributed by atoms with Crippen LogP contribution in [0, 0.1) is 28.5 Å². The van der Waals surface area contributed by atoms with E-state index in [0.29, 0.717) is 5.46 Å². The third-order valence-electron chi connectivity index (χ3n) is 3.89. The molecule has 1 aliphatic heterocycles. The smallest absolute Gasteiger partial charge is 0.399 e. The van der Waals surface area contributed by atoms with Crippen molar-refractivity contribution in [2.75, 3.05) is 0 Å². The molecule has 1 aromatic carbocycles. The number of hydrogen-bond donors (Lipinski definition) is 0. The van der Waals surface area contributed by atoms with E-state index < -0.39 is 24.1 Å². The quantitative estimate of drug-likeness (QED) is 0.732. The minimum absolute atomic E-state index is 0.165. The Kier molecular flexibility index (Phi) is 3.33. The maximum atomic E-state index is 13.8. The third-order valence-corrected chi connectivity index (χ3v) is 3.89. The standard InChI is InChI=1S/C14H14BFN2O2/c1-13(2)14(3,4)20-15(19-13)11-6-12(16)10(8-18)5-9(11)7-17/h5-6H,1-4H3. The molecule has 0 bridgehead atoms. The Morgan fingerprint density at radius 3 is 1.95 bits per heavy atom. The highest BCUT2D eigenvalue weighted by molar-refractivity contribution is 6.62. The van der Waals surface area contributed by atoms with Gasteiger partial charge in [-0.1, -0.05) is 0 Å². The fourth-order valence-electron chi connectivity index (χ4n) is 1.94. The Bertz CT molecular complexity index is 628. The van der Waals surface area contributed by atoms with Gasteiger partial charge in [-0.2, -0.15) is 10.5 Å². The Morgan fingerprint density at radius 2 is 1.50 bits per heavy atom. The molecular weight excluding hydrogens is 258 g/mol. The van der Waals surface area contributed by atoms with E-state index in [2.05, 4.69) is 0 Å². The summed E-state index contributed by atoms with van der Waals surface area (Å²) in [7, 11) is -0.822. The summed E-state index contributed by atoms with van der Waals surface area (Å²) in [5, 5.41) is 18.0. The fraction of sp³-hybridized carbons (Fsp3) is 0.429. The number of rotatable bonds is 1. The fourth-order valence-corrected chi connectivity index (χ4v) is 1.94. The van der Waals surface area contributed by atoms with Crippen molar-refractivity contribution in [2.24, 2.45) is 0 Å². The molecular formula is C14H14BFN2O2. The predicted octanol–water partition coefficient (Wildman–Crippen LogP) is 1.87. The summed E-state index contributed by atoms with van der Waals surface area (Å²) in [6.07, 6.45) is 0. The average molecular weight is 272 g/mol. The van der Waals surface area contributed by atoms with E-state index in [9.17, 15) is 4.39 Å². The second kappa shape index (κ2) is 4.59. The molecule has 2 rings (SSSR count). The summed E-state index contributed by atoms with van der Waals surface area (Å²) < 4.78 is 25.4. The number of halogens is 1. The molecule has 0 amide bonds. The molecule has 6 heteroatoms. The molecule has 0 N–H and O–H groups in total. The maximum absolute atomic E-state index is 13.8. The number of nitrogens with zero attached hydrogens (tertiary/aromatic N) is 2. The van der Waals surface area contributed by atoms with E-state index in [1.54, 1.807) is 6.07 Å². The van der Waals surface area contributed by atoms with E-state index >= 15 is 0 Å². The highest BCUT2D eigenvalue weighted by atomic mass is 19.1. The molecule has 0 aromatic heterocycles. The van der Waals surface area contributed by atoms with Gasteiger partial charge in [-0.05, 0) is 39.8 Å². The van der Waals surface area contributed by atoms with Gasteiger partial charge in [0.1, 0.15) is 11.9 Å². The Labute approximate surface area is 117 Å². The van der Waals surface area contributed by atoms with Gasteiger partial charge in [0.15, 0.2) is 0 Å². The number of nitriles is 2. The summed E-state index contributed by atoms with van der Waals surface area (Å²) in [6, 6.07) is 6.02. The van der Waals surface area contributed by atoms with Gasteiger partial charge in [-0.3, -0.25) is 0 Å². The van der Waals surface area contributed by atoms with Crippen molar-refractivity contribution in [1.82, 2.24) is 0 Å². The van der Waals surface area contributed by atoms with Crippen LogP contribution in [0.5, 0.6) is 0 Å². The van der Waals surface area contributed by atoms with Crippen LogP contribution in [0.2, 0.25) is 0 Å². The molecule has 20 heavy (non-hydrogen) atoms. The largest absolute Gasteiger partial charge is 0.496 e. The summed E-state index contributed by atoms with van der Waals surface area (Å²) in [6.45, 7) is 7.50. The predicted molar refractivity (Wildman–Crippen MR) is 71.5 cm³/mol. The van der Waals surface area contributed by atoms with Crippen LogP contribution in [-0.2, 0) is 9.31 Å². The molecule has 4 nitrogen and oxygen atoms in total. The normalized spacial score (nSPS) is 19.4. The van der Waals surface area contributed by atoms with Gasteiger partial charge in [0.05, 0.1) is 28.4 Å². The molecule has 1 fully saturated rings. The van der Waals surface area contributed by atoms with Crippen molar-refractivity contribution in [2.45, 2.75) is 38.9 Å².